The molecule has 0 saturated carbocycles. The summed E-state index contributed by atoms with van der Waals surface area (Å²) in [5.41, 5.74) is -0.129. The van der Waals surface area contributed by atoms with Gasteiger partial charge in [0.25, 0.3) is 0 Å². The maximum Gasteiger partial charge on any atom is 0.407 e. The van der Waals surface area contributed by atoms with Gasteiger partial charge in [-0.1, -0.05) is 12.1 Å². The fraction of sp³-hybridized carbons (Fsp3) is 0.500. The molecule has 0 unspecified atom stereocenters. The second-order valence-electron chi connectivity index (χ2n) is 5.22. The summed E-state index contributed by atoms with van der Waals surface area (Å²) in [6.07, 6.45) is -1.97. The number of nitrogens with one attached hydrogen (secondary N) is 1. The van der Waals surface area contributed by atoms with Gasteiger partial charge in [0.2, 0.25) is 0 Å². The molecule has 0 bridgehead atoms. The second kappa shape index (κ2) is 7.12. The third-order valence-corrected chi connectivity index (χ3v) is 2.22. The van der Waals surface area contributed by atoms with Crippen molar-refractivity contribution in [3.63, 3.8) is 0 Å². The molecule has 1 rings (SSSR count). The molecule has 0 fully saturated rings. The fourth-order valence-electron chi connectivity index (χ4n) is 1.37. The molecule has 0 spiro atoms. The van der Waals surface area contributed by atoms with Gasteiger partial charge in [-0.2, -0.15) is 0 Å². The lowest BCUT2D eigenvalue weighted by molar-refractivity contribution is -0.0425. The van der Waals surface area contributed by atoms with Gasteiger partial charge in [-0.3, -0.25) is 0 Å². The standard InChI is InChI=1S/C14H21NO5/c1-14(2,3)20-13(18)15-8-9-19-11-6-4-10(5-7-11)12(16)17/h4-7,12,16-17H,8-9H2,1-3H3,(H,15,18). The number of rotatable bonds is 5. The van der Waals surface area contributed by atoms with Crippen LogP contribution in [-0.4, -0.2) is 35.1 Å². The van der Waals surface area contributed by atoms with E-state index in [1.165, 1.54) is 0 Å². The molecular weight excluding hydrogens is 262 g/mol. The first-order chi connectivity index (χ1) is 9.28. The highest BCUT2D eigenvalue weighted by molar-refractivity contribution is 5.67. The Morgan fingerprint density at radius 1 is 1.25 bits per heavy atom. The normalized spacial score (nSPS) is 11.3. The van der Waals surface area contributed by atoms with E-state index in [-0.39, 0.29) is 0 Å². The molecule has 112 valence electrons. The van der Waals surface area contributed by atoms with E-state index in [0.717, 1.165) is 0 Å². The van der Waals surface area contributed by atoms with Crippen molar-refractivity contribution in [1.29, 1.82) is 0 Å². The quantitative estimate of drug-likeness (QED) is 0.564. The number of aliphatic hydroxyl groups excluding tert-OH is 1. The predicted octanol–water partition coefficient (Wildman–Crippen LogP) is 1.57. The average Bonchev–Trinajstić information content (AvgIpc) is 2.33. The number of carbonyl (C=O) groups is 1. The minimum Gasteiger partial charge on any atom is -0.492 e. The topological polar surface area (TPSA) is 88.0 Å². The number of benzene rings is 1. The molecule has 0 saturated heterocycles. The molecule has 0 radical (unpaired) electrons. The van der Waals surface area contributed by atoms with Crippen molar-refractivity contribution in [2.24, 2.45) is 0 Å². The highest BCUT2D eigenvalue weighted by atomic mass is 16.6. The molecule has 6 heteroatoms. The summed E-state index contributed by atoms with van der Waals surface area (Å²) in [4.78, 5) is 11.3. The van der Waals surface area contributed by atoms with Crippen LogP contribution in [0.25, 0.3) is 0 Å². The summed E-state index contributed by atoms with van der Waals surface area (Å²) < 4.78 is 10.5. The average molecular weight is 283 g/mol. The van der Waals surface area contributed by atoms with Gasteiger partial charge in [-0.15, -0.1) is 0 Å². The number of carbonyl (C=O) groups excluding carboxylic acids is 1. The molecule has 1 aromatic rings. The van der Waals surface area contributed by atoms with Crippen molar-refractivity contribution < 1.29 is 24.5 Å². The summed E-state index contributed by atoms with van der Waals surface area (Å²) in [6, 6.07) is 6.37. The number of aliphatic hydroxyl groups is 2. The summed E-state index contributed by atoms with van der Waals surface area (Å²) in [7, 11) is 0. The van der Waals surface area contributed by atoms with Crippen LogP contribution in [0.2, 0.25) is 0 Å². The summed E-state index contributed by atoms with van der Waals surface area (Å²) in [5, 5.41) is 20.4. The van der Waals surface area contributed by atoms with Crippen LogP contribution in [0.4, 0.5) is 4.79 Å². The molecule has 1 aromatic carbocycles. The Bertz CT molecular complexity index is 422. The zero-order chi connectivity index (χ0) is 15.2. The van der Waals surface area contributed by atoms with Gasteiger partial charge >= 0.3 is 6.09 Å². The molecular formula is C14H21NO5. The van der Waals surface area contributed by atoms with Crippen molar-refractivity contribution in [2.75, 3.05) is 13.2 Å². The maximum atomic E-state index is 11.3. The Morgan fingerprint density at radius 2 is 1.85 bits per heavy atom. The van der Waals surface area contributed by atoms with Crippen LogP contribution in [-0.2, 0) is 4.74 Å². The van der Waals surface area contributed by atoms with Crippen molar-refractivity contribution in [3.8, 4) is 5.75 Å². The second-order valence-corrected chi connectivity index (χ2v) is 5.22. The lowest BCUT2D eigenvalue weighted by Gasteiger charge is -2.19. The zero-order valence-corrected chi connectivity index (χ0v) is 11.9. The monoisotopic (exact) mass is 283 g/mol. The molecule has 6 nitrogen and oxygen atoms in total. The molecule has 0 heterocycles. The van der Waals surface area contributed by atoms with Gasteiger partial charge < -0.3 is 25.0 Å². The van der Waals surface area contributed by atoms with E-state index in [1.54, 1.807) is 45.0 Å². The first kappa shape index (κ1) is 16.3. The van der Waals surface area contributed by atoms with Gasteiger partial charge in [0.05, 0.1) is 6.54 Å². The van der Waals surface area contributed by atoms with Gasteiger partial charge in [0, 0.05) is 5.56 Å². The van der Waals surface area contributed by atoms with E-state index < -0.39 is 18.0 Å². The van der Waals surface area contributed by atoms with Crippen LogP contribution < -0.4 is 10.1 Å². The van der Waals surface area contributed by atoms with Crippen molar-refractivity contribution in [2.45, 2.75) is 32.7 Å². The van der Waals surface area contributed by atoms with Gasteiger partial charge in [-0.05, 0) is 32.9 Å². The van der Waals surface area contributed by atoms with Crippen LogP contribution in [0.15, 0.2) is 24.3 Å². The predicted molar refractivity (Wildman–Crippen MR) is 73.4 cm³/mol. The summed E-state index contributed by atoms with van der Waals surface area (Å²) >= 11 is 0. The number of hydrogen-bond donors (Lipinski definition) is 3. The van der Waals surface area contributed by atoms with E-state index in [1.807, 2.05) is 0 Å². The van der Waals surface area contributed by atoms with Crippen molar-refractivity contribution >= 4 is 6.09 Å². The van der Waals surface area contributed by atoms with Crippen LogP contribution in [0, 0.1) is 0 Å². The van der Waals surface area contributed by atoms with Crippen molar-refractivity contribution in [3.05, 3.63) is 29.8 Å². The number of ether oxygens (including phenoxy) is 2. The Kier molecular flexibility index (Phi) is 5.79. The van der Waals surface area contributed by atoms with Gasteiger partial charge in [-0.25, -0.2) is 4.79 Å². The number of alkyl carbamates (subject to hydrolysis) is 1. The minimum atomic E-state index is -1.49. The summed E-state index contributed by atoms with van der Waals surface area (Å²) in [5.74, 6) is 0.584. The first-order valence-electron chi connectivity index (χ1n) is 6.34. The molecule has 0 aliphatic heterocycles. The number of amides is 1. The van der Waals surface area contributed by atoms with E-state index in [2.05, 4.69) is 5.32 Å². The highest BCUT2D eigenvalue weighted by Crippen LogP contribution is 2.15. The number of hydrogen-bond acceptors (Lipinski definition) is 5. The minimum absolute atomic E-state index is 0.292. The highest BCUT2D eigenvalue weighted by Gasteiger charge is 2.15. The van der Waals surface area contributed by atoms with E-state index in [9.17, 15) is 4.79 Å². The Hall–Kier alpha value is -1.79. The van der Waals surface area contributed by atoms with Crippen LogP contribution in [0.5, 0.6) is 5.75 Å². The van der Waals surface area contributed by atoms with E-state index in [4.69, 9.17) is 19.7 Å². The smallest absolute Gasteiger partial charge is 0.407 e. The molecule has 0 atom stereocenters. The Labute approximate surface area is 118 Å². The Balaban J connectivity index is 2.26. The van der Waals surface area contributed by atoms with E-state index >= 15 is 0 Å². The lowest BCUT2D eigenvalue weighted by Crippen LogP contribution is -2.34. The molecule has 1 amide bonds. The largest absolute Gasteiger partial charge is 0.492 e. The zero-order valence-electron chi connectivity index (χ0n) is 11.9. The molecule has 3 N–H and O–H groups in total. The lowest BCUT2D eigenvalue weighted by atomic mass is 10.2. The van der Waals surface area contributed by atoms with Gasteiger partial charge in [0.1, 0.15) is 18.0 Å². The third kappa shape index (κ3) is 6.40. The molecule has 0 aromatic heterocycles. The maximum absolute atomic E-state index is 11.3. The van der Waals surface area contributed by atoms with Crippen molar-refractivity contribution in [1.82, 2.24) is 5.32 Å². The third-order valence-electron chi connectivity index (χ3n) is 2.22. The SMILES string of the molecule is CC(C)(C)OC(=O)NCCOc1ccc(C(O)O)cc1. The fourth-order valence-corrected chi connectivity index (χ4v) is 1.37. The van der Waals surface area contributed by atoms with Gasteiger partial charge in [0.15, 0.2) is 6.29 Å². The Morgan fingerprint density at radius 3 is 2.35 bits per heavy atom. The van der Waals surface area contributed by atoms with Crippen LogP contribution >= 0.6 is 0 Å². The van der Waals surface area contributed by atoms with E-state index in [0.29, 0.717) is 24.5 Å². The van der Waals surface area contributed by atoms with Crippen LogP contribution in [0.1, 0.15) is 32.6 Å². The molecule has 0 aliphatic carbocycles. The molecule has 20 heavy (non-hydrogen) atoms. The van der Waals surface area contributed by atoms with Crippen LogP contribution in [0.3, 0.4) is 0 Å². The first-order valence-corrected chi connectivity index (χ1v) is 6.34. The summed E-state index contributed by atoms with van der Waals surface area (Å²) in [6.45, 7) is 5.99. The molecule has 0 aliphatic rings.